The smallest absolute Gasteiger partial charge is 0.217 e. The molecule has 0 atom stereocenters. The second kappa shape index (κ2) is 5.31. The zero-order valence-electron chi connectivity index (χ0n) is 9.47. The van der Waals surface area contributed by atoms with E-state index >= 15 is 0 Å². The van der Waals surface area contributed by atoms with E-state index in [1.54, 1.807) is 6.20 Å². The van der Waals surface area contributed by atoms with Crippen LogP contribution in [0.15, 0.2) is 12.4 Å². The molecule has 0 radical (unpaired) electrons. The van der Waals surface area contributed by atoms with E-state index in [1.807, 2.05) is 0 Å². The summed E-state index contributed by atoms with van der Waals surface area (Å²) in [7, 11) is 0. The Morgan fingerprint density at radius 3 is 2.76 bits per heavy atom. The summed E-state index contributed by atoms with van der Waals surface area (Å²) >= 11 is 5.80. The lowest BCUT2D eigenvalue weighted by atomic mass is 9.93. The van der Waals surface area contributed by atoms with Crippen LogP contribution in [-0.2, 0) is 4.79 Å². The maximum atomic E-state index is 10.8. The van der Waals surface area contributed by atoms with Crippen molar-refractivity contribution in [3.8, 4) is 0 Å². The lowest BCUT2D eigenvalue weighted by molar-refractivity contribution is -0.119. The Bertz CT molecular complexity index is 404. The van der Waals surface area contributed by atoms with E-state index in [0.29, 0.717) is 17.5 Å². The lowest BCUT2D eigenvalue weighted by Crippen LogP contribution is -2.35. The van der Waals surface area contributed by atoms with Crippen LogP contribution >= 0.6 is 11.6 Å². The molecule has 0 unspecified atom stereocenters. The number of anilines is 1. The molecule has 1 aromatic heterocycles. The Morgan fingerprint density at radius 2 is 2.18 bits per heavy atom. The maximum Gasteiger partial charge on any atom is 0.217 e. The summed E-state index contributed by atoms with van der Waals surface area (Å²) in [6, 6.07) is 0. The highest BCUT2D eigenvalue weighted by Gasteiger charge is 2.21. The molecule has 0 bridgehead atoms. The van der Waals surface area contributed by atoms with Crippen molar-refractivity contribution in [1.82, 2.24) is 9.97 Å². The number of amides is 1. The van der Waals surface area contributed by atoms with Crippen LogP contribution in [-0.4, -0.2) is 29.0 Å². The first-order valence-electron chi connectivity index (χ1n) is 5.66. The van der Waals surface area contributed by atoms with Crippen LogP contribution in [0.1, 0.15) is 19.3 Å². The van der Waals surface area contributed by atoms with Gasteiger partial charge in [0, 0.05) is 19.5 Å². The normalized spacial score (nSPS) is 17.1. The molecule has 92 valence electrons. The first-order chi connectivity index (χ1) is 8.15. The Balaban J connectivity index is 1.93. The highest BCUT2D eigenvalue weighted by Crippen LogP contribution is 2.23. The molecule has 1 aliphatic rings. The highest BCUT2D eigenvalue weighted by atomic mass is 35.5. The molecule has 1 saturated heterocycles. The van der Waals surface area contributed by atoms with Gasteiger partial charge in [0.25, 0.3) is 0 Å². The SMILES string of the molecule is NC(=O)CC1CCN(c2cncc(Cl)n2)CC1. The molecule has 1 aromatic rings. The van der Waals surface area contributed by atoms with E-state index in [0.717, 1.165) is 31.7 Å². The number of nitrogens with zero attached hydrogens (tertiary/aromatic N) is 3. The standard InChI is InChI=1S/C11H15ClN4O/c12-9-6-14-7-11(15-9)16-3-1-8(2-4-16)5-10(13)17/h6-8H,1-5H2,(H2,13,17). The van der Waals surface area contributed by atoms with Crippen LogP contribution in [0.4, 0.5) is 5.82 Å². The molecule has 1 fully saturated rings. The molecule has 6 heteroatoms. The molecule has 0 saturated carbocycles. The minimum Gasteiger partial charge on any atom is -0.370 e. The van der Waals surface area contributed by atoms with Gasteiger partial charge >= 0.3 is 0 Å². The molecular weight excluding hydrogens is 240 g/mol. The minimum atomic E-state index is -0.217. The summed E-state index contributed by atoms with van der Waals surface area (Å²) in [5, 5.41) is 0.404. The number of rotatable bonds is 3. The van der Waals surface area contributed by atoms with Crippen molar-refractivity contribution < 1.29 is 4.79 Å². The number of aromatic nitrogens is 2. The molecule has 0 spiro atoms. The van der Waals surface area contributed by atoms with Gasteiger partial charge in [-0.05, 0) is 18.8 Å². The number of carbonyl (C=O) groups is 1. The third-order valence-electron chi connectivity index (χ3n) is 3.02. The van der Waals surface area contributed by atoms with Gasteiger partial charge in [-0.2, -0.15) is 0 Å². The summed E-state index contributed by atoms with van der Waals surface area (Å²) in [5.74, 6) is 0.983. The summed E-state index contributed by atoms with van der Waals surface area (Å²) in [4.78, 5) is 21.2. The van der Waals surface area contributed by atoms with E-state index in [4.69, 9.17) is 17.3 Å². The second-order valence-corrected chi connectivity index (χ2v) is 4.69. The first kappa shape index (κ1) is 12.1. The Kier molecular flexibility index (Phi) is 3.78. The first-order valence-corrected chi connectivity index (χ1v) is 6.04. The van der Waals surface area contributed by atoms with Gasteiger partial charge < -0.3 is 10.6 Å². The largest absolute Gasteiger partial charge is 0.370 e. The molecule has 0 aliphatic carbocycles. The molecule has 0 aromatic carbocycles. The number of halogens is 1. The molecule has 2 heterocycles. The van der Waals surface area contributed by atoms with Crippen molar-refractivity contribution >= 4 is 23.3 Å². The van der Waals surface area contributed by atoms with Gasteiger partial charge in [-0.25, -0.2) is 4.98 Å². The van der Waals surface area contributed by atoms with Crippen molar-refractivity contribution in [3.05, 3.63) is 17.5 Å². The van der Waals surface area contributed by atoms with Crippen LogP contribution in [0.2, 0.25) is 5.15 Å². The topological polar surface area (TPSA) is 72.1 Å². The predicted molar refractivity (Wildman–Crippen MR) is 65.8 cm³/mol. The highest BCUT2D eigenvalue weighted by molar-refractivity contribution is 6.29. The van der Waals surface area contributed by atoms with Gasteiger partial charge in [0.05, 0.1) is 12.4 Å². The van der Waals surface area contributed by atoms with E-state index in [9.17, 15) is 4.79 Å². The van der Waals surface area contributed by atoms with Crippen molar-refractivity contribution in [2.45, 2.75) is 19.3 Å². The number of piperidine rings is 1. The molecule has 1 aliphatic heterocycles. The number of nitrogens with two attached hydrogens (primary N) is 1. The van der Waals surface area contributed by atoms with E-state index in [2.05, 4.69) is 14.9 Å². The lowest BCUT2D eigenvalue weighted by Gasteiger charge is -2.32. The fourth-order valence-electron chi connectivity index (χ4n) is 2.14. The summed E-state index contributed by atoms with van der Waals surface area (Å²) in [5.41, 5.74) is 5.20. The van der Waals surface area contributed by atoms with Crippen molar-refractivity contribution in [1.29, 1.82) is 0 Å². The van der Waals surface area contributed by atoms with E-state index in [-0.39, 0.29) is 5.91 Å². The molecular formula is C11H15ClN4O. The average molecular weight is 255 g/mol. The second-order valence-electron chi connectivity index (χ2n) is 4.30. The maximum absolute atomic E-state index is 10.8. The van der Waals surface area contributed by atoms with Crippen molar-refractivity contribution in [2.75, 3.05) is 18.0 Å². The summed E-state index contributed by atoms with van der Waals surface area (Å²) in [6.07, 6.45) is 5.62. The third kappa shape index (κ3) is 3.30. The number of hydrogen-bond acceptors (Lipinski definition) is 4. The van der Waals surface area contributed by atoms with E-state index < -0.39 is 0 Å². The summed E-state index contributed by atoms with van der Waals surface area (Å²) in [6.45, 7) is 1.74. The van der Waals surface area contributed by atoms with Gasteiger partial charge in [-0.1, -0.05) is 11.6 Å². The third-order valence-corrected chi connectivity index (χ3v) is 3.20. The Morgan fingerprint density at radius 1 is 1.47 bits per heavy atom. The monoisotopic (exact) mass is 254 g/mol. The van der Waals surface area contributed by atoms with Crippen LogP contribution in [0.3, 0.4) is 0 Å². The number of hydrogen-bond donors (Lipinski definition) is 1. The molecule has 2 rings (SSSR count). The number of carbonyl (C=O) groups excluding carboxylic acids is 1. The Hall–Kier alpha value is -1.36. The summed E-state index contributed by atoms with van der Waals surface area (Å²) < 4.78 is 0. The van der Waals surface area contributed by atoms with Gasteiger partial charge in [-0.3, -0.25) is 9.78 Å². The molecule has 17 heavy (non-hydrogen) atoms. The van der Waals surface area contributed by atoms with Crippen LogP contribution in [0.25, 0.3) is 0 Å². The van der Waals surface area contributed by atoms with Crippen LogP contribution in [0, 0.1) is 5.92 Å². The number of primary amides is 1. The fourth-order valence-corrected chi connectivity index (χ4v) is 2.28. The van der Waals surface area contributed by atoms with Gasteiger partial charge in [0.2, 0.25) is 5.91 Å². The predicted octanol–water partition coefficient (Wildman–Crippen LogP) is 1.22. The van der Waals surface area contributed by atoms with Gasteiger partial charge in [-0.15, -0.1) is 0 Å². The zero-order chi connectivity index (χ0) is 12.3. The van der Waals surface area contributed by atoms with Gasteiger partial charge in [0.15, 0.2) is 0 Å². The average Bonchev–Trinajstić information content (AvgIpc) is 2.29. The quantitative estimate of drug-likeness (QED) is 0.880. The van der Waals surface area contributed by atoms with E-state index in [1.165, 1.54) is 6.20 Å². The van der Waals surface area contributed by atoms with Crippen LogP contribution < -0.4 is 10.6 Å². The Labute approximate surface area is 105 Å². The zero-order valence-corrected chi connectivity index (χ0v) is 10.2. The minimum absolute atomic E-state index is 0.217. The van der Waals surface area contributed by atoms with Gasteiger partial charge in [0.1, 0.15) is 11.0 Å². The molecule has 1 amide bonds. The van der Waals surface area contributed by atoms with Crippen molar-refractivity contribution in [2.24, 2.45) is 11.7 Å². The fraction of sp³-hybridized carbons (Fsp3) is 0.545. The van der Waals surface area contributed by atoms with Crippen molar-refractivity contribution in [3.63, 3.8) is 0 Å². The van der Waals surface area contributed by atoms with Crippen LogP contribution in [0.5, 0.6) is 0 Å². The molecule has 5 nitrogen and oxygen atoms in total. The molecule has 2 N–H and O–H groups in total.